The minimum absolute atomic E-state index is 0.178. The molecule has 1 unspecified atom stereocenters. The summed E-state index contributed by atoms with van der Waals surface area (Å²) in [5, 5.41) is 3.14. The molecule has 6 nitrogen and oxygen atoms in total. The molecule has 0 spiro atoms. The van der Waals surface area contributed by atoms with Crippen molar-refractivity contribution in [2.75, 3.05) is 18.4 Å². The number of hydrogen-bond donors (Lipinski definition) is 1. The van der Waals surface area contributed by atoms with Gasteiger partial charge in [-0.3, -0.25) is 4.79 Å². The summed E-state index contributed by atoms with van der Waals surface area (Å²) in [6.07, 6.45) is 5.59. The number of nitrogens with one attached hydrogen (secondary N) is 1. The van der Waals surface area contributed by atoms with Gasteiger partial charge in [-0.1, -0.05) is 12.1 Å². The Morgan fingerprint density at radius 2 is 2.00 bits per heavy atom. The Hall–Kier alpha value is -3.42. The van der Waals surface area contributed by atoms with Crippen molar-refractivity contribution < 1.29 is 13.6 Å². The Balaban J connectivity index is 1.42. The van der Waals surface area contributed by atoms with E-state index in [1.165, 1.54) is 18.5 Å². The van der Waals surface area contributed by atoms with Crippen LogP contribution in [0.25, 0.3) is 0 Å². The molecule has 30 heavy (non-hydrogen) atoms. The summed E-state index contributed by atoms with van der Waals surface area (Å²) >= 11 is 0. The third kappa shape index (κ3) is 4.59. The summed E-state index contributed by atoms with van der Waals surface area (Å²) in [4.78, 5) is 27.1. The molecule has 0 bridgehead atoms. The fraction of sp³-hybridized carbons (Fsp3) is 0.273. The molecule has 0 radical (unpaired) electrons. The highest BCUT2D eigenvalue weighted by Crippen LogP contribution is 2.24. The average molecular weight is 409 g/mol. The molecule has 3 heterocycles. The molecule has 1 N–H and O–H groups in total. The van der Waals surface area contributed by atoms with E-state index in [-0.39, 0.29) is 11.5 Å². The summed E-state index contributed by atoms with van der Waals surface area (Å²) in [6.45, 7) is 1.00. The van der Waals surface area contributed by atoms with E-state index in [0.717, 1.165) is 24.6 Å². The van der Waals surface area contributed by atoms with Gasteiger partial charge >= 0.3 is 0 Å². The number of carbonyl (C=O) groups is 1. The van der Waals surface area contributed by atoms with Gasteiger partial charge in [0.15, 0.2) is 11.6 Å². The Kier molecular flexibility index (Phi) is 5.92. The quantitative estimate of drug-likeness (QED) is 0.690. The van der Waals surface area contributed by atoms with Gasteiger partial charge in [0.2, 0.25) is 0 Å². The van der Waals surface area contributed by atoms with Gasteiger partial charge in [-0.05, 0) is 49.4 Å². The fourth-order valence-corrected chi connectivity index (χ4v) is 3.70. The van der Waals surface area contributed by atoms with E-state index < -0.39 is 17.5 Å². The van der Waals surface area contributed by atoms with Crippen LogP contribution < -0.4 is 5.32 Å². The van der Waals surface area contributed by atoms with E-state index in [1.54, 1.807) is 11.1 Å². The largest absolute Gasteiger partial charge is 0.338 e. The molecule has 0 aliphatic carbocycles. The number of aromatic nitrogens is 3. The lowest BCUT2D eigenvalue weighted by molar-refractivity contribution is 0.0667. The molecule has 2 aromatic heterocycles. The number of nitrogens with zero attached hydrogens (tertiary/aromatic N) is 4. The summed E-state index contributed by atoms with van der Waals surface area (Å²) in [7, 11) is 0. The summed E-state index contributed by atoms with van der Waals surface area (Å²) in [5.41, 5.74) is 0.624. The molecule has 1 saturated heterocycles. The highest BCUT2D eigenvalue weighted by atomic mass is 19.2. The lowest BCUT2D eigenvalue weighted by atomic mass is 9.92. The number of rotatable bonds is 5. The van der Waals surface area contributed by atoms with Gasteiger partial charge in [-0.2, -0.15) is 0 Å². The molecular formula is C22H21F2N5O. The highest BCUT2D eigenvalue weighted by molar-refractivity contribution is 5.94. The fourth-order valence-electron chi connectivity index (χ4n) is 3.70. The number of halogens is 2. The van der Waals surface area contributed by atoms with Gasteiger partial charge in [0.05, 0.1) is 5.56 Å². The maximum atomic E-state index is 14.0. The number of hydrogen-bond acceptors (Lipinski definition) is 5. The minimum Gasteiger partial charge on any atom is -0.338 e. The van der Waals surface area contributed by atoms with Crippen molar-refractivity contribution in [3.63, 3.8) is 0 Å². The van der Waals surface area contributed by atoms with E-state index in [1.807, 2.05) is 24.3 Å². The van der Waals surface area contributed by atoms with Gasteiger partial charge in [-0.25, -0.2) is 23.7 Å². The smallest absolute Gasteiger partial charge is 0.256 e. The zero-order valence-electron chi connectivity index (χ0n) is 16.3. The molecule has 8 heteroatoms. The van der Waals surface area contributed by atoms with E-state index in [9.17, 15) is 13.6 Å². The van der Waals surface area contributed by atoms with Crippen molar-refractivity contribution in [2.45, 2.75) is 19.3 Å². The van der Waals surface area contributed by atoms with Gasteiger partial charge in [0, 0.05) is 31.0 Å². The molecule has 1 atom stereocenters. The lowest BCUT2D eigenvalue weighted by Crippen LogP contribution is -2.41. The normalized spacial score (nSPS) is 16.3. The molecule has 1 aromatic carbocycles. The van der Waals surface area contributed by atoms with Crippen LogP contribution in [0, 0.1) is 17.6 Å². The van der Waals surface area contributed by atoms with Crippen molar-refractivity contribution in [1.29, 1.82) is 0 Å². The summed E-state index contributed by atoms with van der Waals surface area (Å²) in [5.74, 6) is -1.07. The molecule has 1 fully saturated rings. The van der Waals surface area contributed by atoms with Crippen molar-refractivity contribution in [3.8, 4) is 0 Å². The molecule has 4 rings (SSSR count). The van der Waals surface area contributed by atoms with Gasteiger partial charge in [-0.15, -0.1) is 0 Å². The van der Waals surface area contributed by atoms with Crippen molar-refractivity contribution in [1.82, 2.24) is 19.9 Å². The maximum absolute atomic E-state index is 14.0. The van der Waals surface area contributed by atoms with E-state index in [4.69, 9.17) is 0 Å². The number of pyridine rings is 1. The summed E-state index contributed by atoms with van der Waals surface area (Å²) in [6, 6.07) is 11.1. The molecule has 1 aliphatic rings. The van der Waals surface area contributed by atoms with Crippen LogP contribution in [0.3, 0.4) is 0 Å². The maximum Gasteiger partial charge on any atom is 0.256 e. The van der Waals surface area contributed by atoms with Gasteiger partial charge in [0.1, 0.15) is 18.0 Å². The molecule has 3 aromatic rings. The predicted molar refractivity (Wildman–Crippen MR) is 108 cm³/mol. The second kappa shape index (κ2) is 8.94. The number of piperidine rings is 1. The SMILES string of the molecule is O=C(c1cccc(F)c1F)N1CCCC(Cc2cc(Nc3ccccn3)ncn2)C1. The third-order valence-electron chi connectivity index (χ3n) is 5.13. The number of amides is 1. The Labute approximate surface area is 173 Å². The Bertz CT molecular complexity index is 1030. The molecule has 1 aliphatic heterocycles. The first kappa shape index (κ1) is 19.9. The van der Waals surface area contributed by atoms with Crippen molar-refractivity contribution in [3.05, 3.63) is 77.9 Å². The zero-order valence-corrected chi connectivity index (χ0v) is 16.3. The van der Waals surface area contributed by atoms with Crippen molar-refractivity contribution in [2.24, 2.45) is 5.92 Å². The van der Waals surface area contributed by atoms with Crippen LogP contribution in [0.5, 0.6) is 0 Å². The van der Waals surface area contributed by atoms with Crippen LogP contribution >= 0.6 is 0 Å². The Morgan fingerprint density at radius 1 is 1.10 bits per heavy atom. The molecule has 1 amide bonds. The van der Waals surface area contributed by atoms with E-state index in [2.05, 4.69) is 20.3 Å². The third-order valence-corrected chi connectivity index (χ3v) is 5.13. The molecular weight excluding hydrogens is 388 g/mol. The Morgan fingerprint density at radius 3 is 2.83 bits per heavy atom. The lowest BCUT2D eigenvalue weighted by Gasteiger charge is -2.33. The first-order valence-electron chi connectivity index (χ1n) is 9.82. The van der Waals surface area contributed by atoms with Crippen LogP contribution in [0.1, 0.15) is 28.9 Å². The monoisotopic (exact) mass is 409 g/mol. The second-order valence-electron chi connectivity index (χ2n) is 7.30. The first-order valence-corrected chi connectivity index (χ1v) is 9.82. The zero-order chi connectivity index (χ0) is 20.9. The average Bonchev–Trinajstić information content (AvgIpc) is 2.76. The van der Waals surface area contributed by atoms with Crippen LogP contribution in [0.4, 0.5) is 20.4 Å². The predicted octanol–water partition coefficient (Wildman–Crippen LogP) is 3.99. The standard InChI is InChI=1S/C22H21F2N5O/c23-18-7-3-6-17(21(18)24)22(30)29-10-4-5-15(13-29)11-16-12-20(27-14-26-16)28-19-8-1-2-9-25-19/h1-3,6-9,12,14-15H,4-5,10-11,13H2,(H,25,26,27,28). The van der Waals surface area contributed by atoms with Gasteiger partial charge < -0.3 is 10.2 Å². The van der Waals surface area contributed by atoms with E-state index >= 15 is 0 Å². The van der Waals surface area contributed by atoms with Crippen molar-refractivity contribution >= 4 is 17.5 Å². The van der Waals surface area contributed by atoms with E-state index in [0.29, 0.717) is 31.1 Å². The first-order chi connectivity index (χ1) is 14.6. The minimum atomic E-state index is -1.09. The number of benzene rings is 1. The summed E-state index contributed by atoms with van der Waals surface area (Å²) < 4.78 is 27.5. The molecule has 0 saturated carbocycles. The van der Waals surface area contributed by atoms with Crippen LogP contribution in [0.2, 0.25) is 0 Å². The topological polar surface area (TPSA) is 71.0 Å². The second-order valence-corrected chi connectivity index (χ2v) is 7.30. The number of carbonyl (C=O) groups excluding carboxylic acids is 1. The number of anilines is 2. The molecule has 154 valence electrons. The highest BCUT2D eigenvalue weighted by Gasteiger charge is 2.27. The number of likely N-dealkylation sites (tertiary alicyclic amines) is 1. The van der Waals surface area contributed by atoms with Crippen LogP contribution in [-0.2, 0) is 6.42 Å². The van der Waals surface area contributed by atoms with Gasteiger partial charge in [0.25, 0.3) is 5.91 Å². The van der Waals surface area contributed by atoms with Crippen LogP contribution in [-0.4, -0.2) is 38.8 Å². The van der Waals surface area contributed by atoms with Crippen LogP contribution in [0.15, 0.2) is 55.0 Å².